The molecule has 0 spiro atoms. The Hall–Kier alpha value is -2.34. The Morgan fingerprint density at radius 1 is 1.14 bits per heavy atom. The molecule has 0 aromatic heterocycles. The lowest BCUT2D eigenvalue weighted by Crippen LogP contribution is -2.32. The van der Waals surface area contributed by atoms with E-state index in [2.05, 4.69) is 26.6 Å². The van der Waals surface area contributed by atoms with Crippen molar-refractivity contribution in [2.45, 2.75) is 0 Å². The second-order valence-corrected chi connectivity index (χ2v) is 5.30. The van der Waals surface area contributed by atoms with E-state index in [1.54, 1.807) is 37.4 Å². The summed E-state index contributed by atoms with van der Waals surface area (Å²) in [6, 6.07) is 14.0. The van der Waals surface area contributed by atoms with Crippen LogP contribution in [0.5, 0.6) is 5.75 Å². The van der Waals surface area contributed by atoms with E-state index < -0.39 is 0 Å². The zero-order chi connectivity index (χ0) is 15.9. The van der Waals surface area contributed by atoms with Gasteiger partial charge in [-0.15, -0.1) is 0 Å². The lowest BCUT2D eigenvalue weighted by Gasteiger charge is -2.08. The van der Waals surface area contributed by atoms with E-state index >= 15 is 0 Å². The number of methoxy groups -OCH3 is 1. The smallest absolute Gasteiger partial charge is 0.251 e. The van der Waals surface area contributed by atoms with Crippen LogP contribution in [0.1, 0.15) is 10.4 Å². The van der Waals surface area contributed by atoms with Crippen LogP contribution >= 0.6 is 15.9 Å². The molecule has 0 bridgehead atoms. The summed E-state index contributed by atoms with van der Waals surface area (Å²) in [5.74, 6) is 0.0251. The minimum Gasteiger partial charge on any atom is -0.496 e. The maximum Gasteiger partial charge on any atom is 0.251 e. The average molecular weight is 363 g/mol. The molecule has 2 N–H and O–H groups in total. The molecule has 0 atom stereocenters. The van der Waals surface area contributed by atoms with Crippen LogP contribution in [0.15, 0.2) is 53.0 Å². The number of hydrogen-bond donors (Lipinski definition) is 2. The topological polar surface area (TPSA) is 67.4 Å². The van der Waals surface area contributed by atoms with Crippen molar-refractivity contribution in [1.82, 2.24) is 5.32 Å². The Labute approximate surface area is 136 Å². The molecule has 0 saturated carbocycles. The van der Waals surface area contributed by atoms with Gasteiger partial charge < -0.3 is 15.4 Å². The predicted octanol–water partition coefficient (Wildman–Crippen LogP) is 2.83. The van der Waals surface area contributed by atoms with Crippen molar-refractivity contribution in [3.05, 3.63) is 58.6 Å². The largest absolute Gasteiger partial charge is 0.496 e. The summed E-state index contributed by atoms with van der Waals surface area (Å²) in [7, 11) is 1.55. The van der Waals surface area contributed by atoms with Gasteiger partial charge in [0.25, 0.3) is 5.91 Å². The molecule has 5 nitrogen and oxygen atoms in total. The van der Waals surface area contributed by atoms with Gasteiger partial charge in [0.2, 0.25) is 5.91 Å². The number of carbonyl (C=O) groups excluding carboxylic acids is 2. The molecule has 22 heavy (non-hydrogen) atoms. The first-order valence-electron chi connectivity index (χ1n) is 6.57. The van der Waals surface area contributed by atoms with E-state index in [1.807, 2.05) is 18.2 Å². The van der Waals surface area contributed by atoms with E-state index in [-0.39, 0.29) is 18.4 Å². The summed E-state index contributed by atoms with van der Waals surface area (Å²) in [4.78, 5) is 23.8. The summed E-state index contributed by atoms with van der Waals surface area (Å²) >= 11 is 3.32. The molecule has 2 aromatic rings. The molecule has 6 heteroatoms. The third-order valence-corrected chi connectivity index (χ3v) is 3.50. The Balaban J connectivity index is 1.89. The number of rotatable bonds is 5. The zero-order valence-electron chi connectivity index (χ0n) is 11.9. The third kappa shape index (κ3) is 4.33. The molecule has 0 fully saturated rings. The number of amides is 2. The van der Waals surface area contributed by atoms with Crippen LogP contribution < -0.4 is 15.4 Å². The number of nitrogens with one attached hydrogen (secondary N) is 2. The van der Waals surface area contributed by atoms with Crippen molar-refractivity contribution < 1.29 is 14.3 Å². The summed E-state index contributed by atoms with van der Waals surface area (Å²) < 4.78 is 5.78. The van der Waals surface area contributed by atoms with Gasteiger partial charge in [-0.1, -0.05) is 18.2 Å². The number of hydrogen-bond acceptors (Lipinski definition) is 3. The normalized spacial score (nSPS) is 9.91. The molecule has 0 radical (unpaired) electrons. The molecule has 114 valence electrons. The first-order chi connectivity index (χ1) is 10.6. The van der Waals surface area contributed by atoms with Crippen molar-refractivity contribution in [2.24, 2.45) is 0 Å². The lowest BCUT2D eigenvalue weighted by atomic mass is 10.2. The fraction of sp³-hybridized carbons (Fsp3) is 0.125. The molecule has 2 aromatic carbocycles. The molecule has 0 saturated heterocycles. The van der Waals surface area contributed by atoms with Gasteiger partial charge in [0.15, 0.2) is 0 Å². The average Bonchev–Trinajstić information content (AvgIpc) is 2.53. The fourth-order valence-corrected chi connectivity index (χ4v) is 2.34. The van der Waals surface area contributed by atoms with Crippen LogP contribution in [0.25, 0.3) is 0 Å². The minimum absolute atomic E-state index is 0.0998. The first-order valence-corrected chi connectivity index (χ1v) is 7.36. The van der Waals surface area contributed by atoms with Gasteiger partial charge in [-0.25, -0.2) is 0 Å². The van der Waals surface area contributed by atoms with Crippen molar-refractivity contribution in [2.75, 3.05) is 19.0 Å². The number of benzene rings is 2. The van der Waals surface area contributed by atoms with Crippen LogP contribution in [0.3, 0.4) is 0 Å². The molecule has 0 aliphatic carbocycles. The SMILES string of the molecule is COc1ccc(C(=O)NCC(=O)Nc2ccccc2)cc1Br. The molecular formula is C16H15BrN2O3. The Morgan fingerprint density at radius 2 is 1.86 bits per heavy atom. The lowest BCUT2D eigenvalue weighted by molar-refractivity contribution is -0.115. The highest BCUT2D eigenvalue weighted by Gasteiger charge is 2.10. The monoisotopic (exact) mass is 362 g/mol. The fourth-order valence-electron chi connectivity index (χ4n) is 1.80. The van der Waals surface area contributed by atoms with E-state index in [9.17, 15) is 9.59 Å². The standard InChI is InChI=1S/C16H15BrN2O3/c1-22-14-8-7-11(9-13(14)17)16(21)18-10-15(20)19-12-5-3-2-4-6-12/h2-9H,10H2,1H3,(H,18,21)(H,19,20). The van der Waals surface area contributed by atoms with E-state index in [1.165, 1.54) is 0 Å². The highest BCUT2D eigenvalue weighted by molar-refractivity contribution is 9.10. The number of para-hydroxylation sites is 1. The molecule has 2 rings (SSSR count). The van der Waals surface area contributed by atoms with Gasteiger partial charge in [-0.3, -0.25) is 9.59 Å². The molecule has 2 amide bonds. The van der Waals surface area contributed by atoms with Crippen LogP contribution in [0, 0.1) is 0 Å². The van der Waals surface area contributed by atoms with Crippen molar-refractivity contribution in [3.63, 3.8) is 0 Å². The second-order valence-electron chi connectivity index (χ2n) is 4.45. The van der Waals surface area contributed by atoms with Crippen molar-refractivity contribution >= 4 is 33.4 Å². The Kier molecular flexibility index (Phi) is 5.55. The highest BCUT2D eigenvalue weighted by atomic mass is 79.9. The Bertz CT molecular complexity index is 674. The number of carbonyl (C=O) groups is 2. The van der Waals surface area contributed by atoms with Gasteiger partial charge in [-0.2, -0.15) is 0 Å². The quantitative estimate of drug-likeness (QED) is 0.859. The zero-order valence-corrected chi connectivity index (χ0v) is 13.5. The maximum absolute atomic E-state index is 12.0. The van der Waals surface area contributed by atoms with E-state index in [0.29, 0.717) is 21.5 Å². The Morgan fingerprint density at radius 3 is 2.50 bits per heavy atom. The van der Waals surface area contributed by atoms with Gasteiger partial charge >= 0.3 is 0 Å². The van der Waals surface area contributed by atoms with Gasteiger partial charge in [-0.05, 0) is 46.3 Å². The summed E-state index contributed by atoms with van der Waals surface area (Å²) in [5, 5.41) is 5.27. The molecule has 0 aliphatic rings. The van der Waals surface area contributed by atoms with Crippen LogP contribution in [-0.4, -0.2) is 25.5 Å². The number of halogens is 1. The third-order valence-electron chi connectivity index (χ3n) is 2.88. The minimum atomic E-state index is -0.327. The molecule has 0 unspecified atom stereocenters. The van der Waals surface area contributed by atoms with E-state index in [4.69, 9.17) is 4.74 Å². The molecule has 0 heterocycles. The molecule has 0 aliphatic heterocycles. The summed E-state index contributed by atoms with van der Waals surface area (Å²) in [6.07, 6.45) is 0. The van der Waals surface area contributed by atoms with Crippen molar-refractivity contribution in [1.29, 1.82) is 0 Å². The van der Waals surface area contributed by atoms with Gasteiger partial charge in [0.05, 0.1) is 18.1 Å². The van der Waals surface area contributed by atoms with Gasteiger partial charge in [0, 0.05) is 11.3 Å². The second kappa shape index (κ2) is 7.61. The van der Waals surface area contributed by atoms with Crippen LogP contribution in [0.2, 0.25) is 0 Å². The number of ether oxygens (including phenoxy) is 1. The summed E-state index contributed by atoms with van der Waals surface area (Å²) in [6.45, 7) is -0.0998. The maximum atomic E-state index is 12.0. The predicted molar refractivity (Wildman–Crippen MR) is 88.1 cm³/mol. The first kappa shape index (κ1) is 16.0. The molecular weight excluding hydrogens is 348 g/mol. The van der Waals surface area contributed by atoms with Gasteiger partial charge in [0.1, 0.15) is 5.75 Å². The van der Waals surface area contributed by atoms with Crippen LogP contribution in [0.4, 0.5) is 5.69 Å². The van der Waals surface area contributed by atoms with Crippen LogP contribution in [-0.2, 0) is 4.79 Å². The van der Waals surface area contributed by atoms with Crippen molar-refractivity contribution in [3.8, 4) is 5.75 Å². The van der Waals surface area contributed by atoms with E-state index in [0.717, 1.165) is 0 Å². The summed E-state index contributed by atoms with van der Waals surface area (Å²) in [5.41, 5.74) is 1.13. The number of anilines is 1. The highest BCUT2D eigenvalue weighted by Crippen LogP contribution is 2.25.